The second-order valence-electron chi connectivity index (χ2n) is 10.2. The van der Waals surface area contributed by atoms with Gasteiger partial charge in [-0.15, -0.1) is 0 Å². The number of aromatic nitrogens is 3. The number of carbonyl (C=O) groups excluding carboxylic acids is 2. The Bertz CT molecular complexity index is 1480. The highest BCUT2D eigenvalue weighted by molar-refractivity contribution is 6.30. The Morgan fingerprint density at radius 3 is 2.53 bits per heavy atom. The molecule has 4 rings (SSSR count). The Hall–Kier alpha value is -4.52. The predicted molar refractivity (Wildman–Crippen MR) is 158 cm³/mol. The second-order valence-corrected chi connectivity index (χ2v) is 10.6. The third-order valence-corrected chi connectivity index (χ3v) is 6.25. The molecule has 1 saturated heterocycles. The Morgan fingerprint density at radius 2 is 1.88 bits per heavy atom. The number of carboxylic acids is 1. The number of likely N-dealkylation sites (tertiary alicyclic amines) is 1. The van der Waals surface area contributed by atoms with Crippen LogP contribution in [0.5, 0.6) is 5.75 Å². The van der Waals surface area contributed by atoms with Crippen molar-refractivity contribution in [2.24, 2.45) is 0 Å². The maximum absolute atomic E-state index is 14.5. The van der Waals surface area contributed by atoms with Crippen molar-refractivity contribution in [2.45, 2.75) is 58.7 Å². The summed E-state index contributed by atoms with van der Waals surface area (Å²) < 4.78 is 25.2. The molecule has 0 unspecified atom stereocenters. The molecule has 0 spiro atoms. The maximum atomic E-state index is 14.5. The maximum Gasteiger partial charge on any atom is 0.411 e. The largest absolute Gasteiger partial charge is 0.491 e. The van der Waals surface area contributed by atoms with Crippen molar-refractivity contribution in [3.8, 4) is 17.1 Å². The molecular formula is C29H34ClFN6O6. The molecule has 1 aliphatic rings. The molecular weight excluding hydrogens is 583 g/mol. The van der Waals surface area contributed by atoms with E-state index in [1.165, 1.54) is 50.0 Å². The molecule has 43 heavy (non-hydrogen) atoms. The minimum absolute atomic E-state index is 0.0162. The first-order valence-electron chi connectivity index (χ1n) is 13.5. The number of nitrogens with zero attached hydrogens (tertiary/aromatic N) is 4. The van der Waals surface area contributed by atoms with Gasteiger partial charge in [-0.25, -0.2) is 23.9 Å². The number of pyridine rings is 1. The molecule has 1 aromatic carbocycles. The number of amides is 2. The summed E-state index contributed by atoms with van der Waals surface area (Å²) in [4.78, 5) is 51.4. The van der Waals surface area contributed by atoms with E-state index in [4.69, 9.17) is 21.1 Å². The molecule has 1 aliphatic heterocycles. The molecule has 230 valence electrons. The lowest BCUT2D eigenvalue weighted by atomic mass is 10.1. The molecule has 0 aliphatic carbocycles. The van der Waals surface area contributed by atoms with E-state index in [2.05, 4.69) is 25.6 Å². The van der Waals surface area contributed by atoms with Gasteiger partial charge in [0.2, 0.25) is 0 Å². The van der Waals surface area contributed by atoms with Crippen LogP contribution in [0.1, 0.15) is 51.4 Å². The van der Waals surface area contributed by atoms with E-state index in [0.29, 0.717) is 5.02 Å². The van der Waals surface area contributed by atoms with E-state index in [-0.39, 0.29) is 47.2 Å². The molecule has 2 aromatic heterocycles. The SMILES string of the molecule is CC.COc1cnc(-c2cc(Cl)ccc2F)nc1Nc1ccncc1C(=O)N[C@@H]1C[C@H](C(=O)O)N(C(=O)OC(C)(C)C)C1. The van der Waals surface area contributed by atoms with E-state index in [9.17, 15) is 23.9 Å². The number of methoxy groups -OCH3 is 1. The quantitative estimate of drug-likeness (QED) is 0.318. The van der Waals surface area contributed by atoms with Crippen LogP contribution in [0.2, 0.25) is 5.02 Å². The van der Waals surface area contributed by atoms with Gasteiger partial charge in [0.05, 0.1) is 30.1 Å². The fraction of sp³-hybridized carbons (Fsp3) is 0.379. The zero-order chi connectivity index (χ0) is 31.9. The number of hydrogen-bond acceptors (Lipinski definition) is 9. The molecule has 2 atom stereocenters. The van der Waals surface area contributed by atoms with Crippen LogP contribution in [0.15, 0.2) is 42.9 Å². The number of carboxylic acid groups (broad SMARTS) is 1. The predicted octanol–water partition coefficient (Wildman–Crippen LogP) is 5.30. The van der Waals surface area contributed by atoms with Gasteiger partial charge >= 0.3 is 12.1 Å². The van der Waals surface area contributed by atoms with Gasteiger partial charge in [-0.1, -0.05) is 25.4 Å². The summed E-state index contributed by atoms with van der Waals surface area (Å²) in [7, 11) is 1.40. The number of ether oxygens (including phenoxy) is 2. The monoisotopic (exact) mass is 616 g/mol. The molecule has 0 bridgehead atoms. The van der Waals surface area contributed by atoms with E-state index >= 15 is 0 Å². The van der Waals surface area contributed by atoms with Gasteiger partial charge in [0, 0.05) is 36.4 Å². The van der Waals surface area contributed by atoms with E-state index < -0.39 is 41.5 Å². The number of hydrogen-bond donors (Lipinski definition) is 3. The summed E-state index contributed by atoms with van der Waals surface area (Å²) in [6.45, 7) is 8.96. The summed E-state index contributed by atoms with van der Waals surface area (Å²) in [5.41, 5.74) is -0.368. The zero-order valence-electron chi connectivity index (χ0n) is 24.6. The molecule has 3 aromatic rings. The summed E-state index contributed by atoms with van der Waals surface area (Å²) >= 11 is 6.03. The van der Waals surface area contributed by atoms with E-state index in [1.807, 2.05) is 13.8 Å². The van der Waals surface area contributed by atoms with E-state index in [1.54, 1.807) is 20.8 Å². The van der Waals surface area contributed by atoms with Crippen LogP contribution >= 0.6 is 11.6 Å². The summed E-state index contributed by atoms with van der Waals surface area (Å²) in [6, 6.07) is 3.68. The molecule has 2 amide bonds. The topological polar surface area (TPSA) is 156 Å². The van der Waals surface area contributed by atoms with Crippen LogP contribution in [-0.2, 0) is 9.53 Å². The third kappa shape index (κ3) is 8.28. The number of halogens is 2. The van der Waals surface area contributed by atoms with Crippen LogP contribution in [0.3, 0.4) is 0 Å². The second kappa shape index (κ2) is 14.1. The first kappa shape index (κ1) is 33.0. The number of anilines is 2. The van der Waals surface area contributed by atoms with Crippen LogP contribution in [0.25, 0.3) is 11.4 Å². The molecule has 3 heterocycles. The smallest absolute Gasteiger partial charge is 0.411 e. The lowest BCUT2D eigenvalue weighted by Crippen LogP contribution is -2.44. The average molecular weight is 617 g/mol. The van der Waals surface area contributed by atoms with E-state index in [0.717, 1.165) is 4.90 Å². The van der Waals surface area contributed by atoms with Gasteiger partial charge in [0.1, 0.15) is 17.5 Å². The van der Waals surface area contributed by atoms with Gasteiger partial charge in [-0.2, -0.15) is 0 Å². The van der Waals surface area contributed by atoms with Gasteiger partial charge in [-0.05, 0) is 45.0 Å². The highest BCUT2D eigenvalue weighted by Gasteiger charge is 2.42. The minimum Gasteiger partial charge on any atom is -0.491 e. The van der Waals surface area contributed by atoms with Crippen molar-refractivity contribution in [1.82, 2.24) is 25.2 Å². The van der Waals surface area contributed by atoms with Crippen molar-refractivity contribution in [3.05, 3.63) is 59.3 Å². The van der Waals surface area contributed by atoms with Crippen molar-refractivity contribution in [2.75, 3.05) is 19.0 Å². The fourth-order valence-electron chi connectivity index (χ4n) is 4.18. The molecule has 3 N–H and O–H groups in total. The number of rotatable bonds is 7. The van der Waals surface area contributed by atoms with Crippen LogP contribution in [0.4, 0.5) is 20.7 Å². The zero-order valence-corrected chi connectivity index (χ0v) is 25.4. The van der Waals surface area contributed by atoms with Gasteiger partial charge in [0.25, 0.3) is 5.91 Å². The summed E-state index contributed by atoms with van der Waals surface area (Å²) in [6.07, 6.45) is 3.32. The lowest BCUT2D eigenvalue weighted by molar-refractivity contribution is -0.142. The Morgan fingerprint density at radius 1 is 1.16 bits per heavy atom. The van der Waals surface area contributed by atoms with Crippen molar-refractivity contribution in [1.29, 1.82) is 0 Å². The minimum atomic E-state index is -1.21. The van der Waals surface area contributed by atoms with Crippen molar-refractivity contribution in [3.63, 3.8) is 0 Å². The van der Waals surface area contributed by atoms with Crippen LogP contribution in [0, 0.1) is 5.82 Å². The first-order valence-corrected chi connectivity index (χ1v) is 13.8. The normalized spacial score (nSPS) is 16.0. The summed E-state index contributed by atoms with van der Waals surface area (Å²) in [5, 5.41) is 15.7. The number of benzene rings is 1. The average Bonchev–Trinajstić information content (AvgIpc) is 3.39. The van der Waals surface area contributed by atoms with Gasteiger partial charge in [0.15, 0.2) is 17.4 Å². The van der Waals surface area contributed by atoms with Crippen molar-refractivity contribution >= 4 is 41.1 Å². The van der Waals surface area contributed by atoms with Crippen molar-refractivity contribution < 1.29 is 33.4 Å². The molecule has 1 fully saturated rings. The molecule has 0 radical (unpaired) electrons. The highest BCUT2D eigenvalue weighted by atomic mass is 35.5. The van der Waals surface area contributed by atoms with Gasteiger partial charge < -0.3 is 25.2 Å². The summed E-state index contributed by atoms with van der Waals surface area (Å²) in [5.74, 6) is -1.98. The molecule has 14 heteroatoms. The lowest BCUT2D eigenvalue weighted by Gasteiger charge is -2.26. The Balaban J connectivity index is 0.00000248. The number of carbonyl (C=O) groups is 3. The standard InChI is InChI=1S/C27H28ClFN6O6.C2H6/c1-27(2,3)41-26(39)35-13-15(10-20(35)25(37)38)32-24(36)17-11-30-8-7-19(17)33-23-21(40-4)12-31-22(34-23)16-9-14(28)5-6-18(16)29;1-2/h5-9,11-12,15,20H,10,13H2,1-4H3,(H,32,36)(H,37,38)(H,30,31,33,34);1-2H3/t15-,20-;/m1./s1. The first-order chi connectivity index (χ1) is 20.4. The highest BCUT2D eigenvalue weighted by Crippen LogP contribution is 2.31. The molecule has 12 nitrogen and oxygen atoms in total. The van der Waals surface area contributed by atoms with Crippen LogP contribution in [-0.4, -0.2) is 74.3 Å². The van der Waals surface area contributed by atoms with Gasteiger partial charge in [-0.3, -0.25) is 14.7 Å². The molecule has 0 saturated carbocycles. The number of aliphatic carboxylic acids is 1. The third-order valence-electron chi connectivity index (χ3n) is 6.01. The number of nitrogens with one attached hydrogen (secondary N) is 2. The Kier molecular flexibility index (Phi) is 10.8. The van der Waals surface area contributed by atoms with Crippen LogP contribution < -0.4 is 15.4 Å². The Labute approximate surface area is 253 Å². The fourth-order valence-corrected chi connectivity index (χ4v) is 4.35.